The maximum Gasteiger partial charge on any atom is 0.247 e. The number of furan rings is 1. The van der Waals surface area contributed by atoms with Crippen molar-refractivity contribution in [2.45, 2.75) is 13.5 Å². The summed E-state index contributed by atoms with van der Waals surface area (Å²) in [4.78, 5) is 11.9. The first-order chi connectivity index (χ1) is 7.24. The lowest BCUT2D eigenvalue weighted by Gasteiger charge is -2.01. The van der Waals surface area contributed by atoms with Crippen molar-refractivity contribution in [1.29, 1.82) is 0 Å². The Hall–Kier alpha value is -1.55. The molecule has 0 unspecified atom stereocenters. The molecule has 0 aliphatic heterocycles. The number of rotatable bonds is 3. The zero-order valence-corrected chi connectivity index (χ0v) is 8.86. The summed E-state index contributed by atoms with van der Waals surface area (Å²) in [6.45, 7) is 2.48. The lowest BCUT2D eigenvalue weighted by Crippen LogP contribution is -2.10. The minimum Gasteiger partial charge on any atom is -0.461 e. The fourth-order valence-corrected chi connectivity index (χ4v) is 1.58. The van der Waals surface area contributed by atoms with E-state index >= 15 is 0 Å². The summed E-state index contributed by atoms with van der Waals surface area (Å²) >= 11 is 5.89. The molecule has 0 radical (unpaired) electrons. The van der Waals surface area contributed by atoms with Crippen molar-refractivity contribution >= 4 is 17.4 Å². The predicted molar refractivity (Wildman–Crippen MR) is 55.1 cm³/mol. The van der Waals surface area contributed by atoms with Crippen LogP contribution in [0.1, 0.15) is 23.2 Å². The SMILES string of the molecule is CCn1ncc(Cl)c1C(=O)c1ccco1. The second kappa shape index (κ2) is 3.90. The van der Waals surface area contributed by atoms with Gasteiger partial charge in [-0.3, -0.25) is 9.48 Å². The van der Waals surface area contributed by atoms with Crippen molar-refractivity contribution in [2.24, 2.45) is 0 Å². The molecular weight excluding hydrogens is 216 g/mol. The molecule has 2 heterocycles. The molecule has 0 aliphatic carbocycles. The molecule has 4 nitrogen and oxygen atoms in total. The third-order valence-corrected chi connectivity index (χ3v) is 2.33. The van der Waals surface area contributed by atoms with Gasteiger partial charge in [0.05, 0.1) is 17.5 Å². The Labute approximate surface area is 91.4 Å². The monoisotopic (exact) mass is 224 g/mol. The number of nitrogens with zero attached hydrogens (tertiary/aromatic N) is 2. The maximum absolute atomic E-state index is 11.9. The van der Waals surface area contributed by atoms with Crippen LogP contribution in [0, 0.1) is 0 Å². The summed E-state index contributed by atoms with van der Waals surface area (Å²) in [5.41, 5.74) is 0.370. The molecule has 0 fully saturated rings. The molecular formula is C10H9ClN2O2. The Balaban J connectivity index is 2.45. The van der Waals surface area contributed by atoms with E-state index in [2.05, 4.69) is 5.10 Å². The zero-order chi connectivity index (χ0) is 10.8. The topological polar surface area (TPSA) is 48.0 Å². The Morgan fingerprint density at radius 3 is 3.07 bits per heavy atom. The summed E-state index contributed by atoms with van der Waals surface area (Å²) in [6, 6.07) is 3.26. The fraction of sp³-hybridized carbons (Fsp3) is 0.200. The van der Waals surface area contributed by atoms with Gasteiger partial charge >= 0.3 is 0 Å². The Morgan fingerprint density at radius 2 is 2.47 bits per heavy atom. The van der Waals surface area contributed by atoms with Crippen molar-refractivity contribution < 1.29 is 9.21 Å². The van der Waals surface area contributed by atoms with Gasteiger partial charge in [0.2, 0.25) is 5.78 Å². The van der Waals surface area contributed by atoms with Gasteiger partial charge in [0.15, 0.2) is 5.76 Å². The van der Waals surface area contributed by atoms with Gasteiger partial charge in [0.25, 0.3) is 0 Å². The van der Waals surface area contributed by atoms with E-state index in [4.69, 9.17) is 16.0 Å². The molecule has 78 valence electrons. The Bertz CT molecular complexity index is 474. The van der Waals surface area contributed by atoms with E-state index in [0.717, 1.165) is 0 Å². The van der Waals surface area contributed by atoms with Crippen LogP contribution in [0.3, 0.4) is 0 Å². The van der Waals surface area contributed by atoms with Crippen LogP contribution in [0.5, 0.6) is 0 Å². The van der Waals surface area contributed by atoms with Gasteiger partial charge in [-0.15, -0.1) is 0 Å². The summed E-state index contributed by atoms with van der Waals surface area (Å²) in [5, 5.41) is 4.33. The molecule has 0 atom stereocenters. The van der Waals surface area contributed by atoms with Gasteiger partial charge < -0.3 is 4.42 Å². The van der Waals surface area contributed by atoms with Gasteiger partial charge in [0.1, 0.15) is 5.69 Å². The summed E-state index contributed by atoms with van der Waals surface area (Å²) < 4.78 is 6.57. The van der Waals surface area contributed by atoms with Crippen molar-refractivity contribution in [3.05, 3.63) is 41.1 Å². The minimum absolute atomic E-state index is 0.246. The fourth-order valence-electron chi connectivity index (χ4n) is 1.35. The van der Waals surface area contributed by atoms with Crippen LogP contribution < -0.4 is 0 Å². The second-order valence-electron chi connectivity index (χ2n) is 2.96. The predicted octanol–water partition coefficient (Wildman–Crippen LogP) is 2.38. The highest BCUT2D eigenvalue weighted by Gasteiger charge is 2.20. The quantitative estimate of drug-likeness (QED) is 0.752. The first kappa shape index (κ1) is 9.98. The Kier molecular flexibility index (Phi) is 2.60. The molecule has 0 bridgehead atoms. The first-order valence-corrected chi connectivity index (χ1v) is 4.91. The van der Waals surface area contributed by atoms with Gasteiger partial charge in [0, 0.05) is 6.54 Å². The summed E-state index contributed by atoms with van der Waals surface area (Å²) in [7, 11) is 0. The molecule has 0 aromatic carbocycles. The first-order valence-electron chi connectivity index (χ1n) is 4.53. The van der Waals surface area contributed by atoms with E-state index in [0.29, 0.717) is 17.3 Å². The smallest absolute Gasteiger partial charge is 0.247 e. The average molecular weight is 225 g/mol. The number of ketones is 1. The molecule has 2 aromatic heterocycles. The summed E-state index contributed by atoms with van der Waals surface area (Å²) in [6.07, 6.45) is 2.91. The van der Waals surface area contributed by atoms with Crippen molar-refractivity contribution in [1.82, 2.24) is 9.78 Å². The lowest BCUT2D eigenvalue weighted by atomic mass is 10.2. The van der Waals surface area contributed by atoms with Crippen molar-refractivity contribution in [3.63, 3.8) is 0 Å². The number of carbonyl (C=O) groups is 1. The van der Waals surface area contributed by atoms with Crippen LogP contribution >= 0.6 is 11.6 Å². The van der Waals surface area contributed by atoms with Gasteiger partial charge in [-0.1, -0.05) is 11.6 Å². The van der Waals surface area contributed by atoms with E-state index in [1.54, 1.807) is 16.8 Å². The number of halogens is 1. The highest BCUT2D eigenvalue weighted by atomic mass is 35.5. The van der Waals surface area contributed by atoms with Gasteiger partial charge in [-0.25, -0.2) is 0 Å². The molecule has 0 amide bonds. The molecule has 0 N–H and O–H groups in total. The van der Waals surface area contributed by atoms with Gasteiger partial charge in [-0.2, -0.15) is 5.10 Å². The average Bonchev–Trinajstić information content (AvgIpc) is 2.85. The van der Waals surface area contributed by atoms with E-state index < -0.39 is 0 Å². The lowest BCUT2D eigenvalue weighted by molar-refractivity contribution is 0.0999. The number of hydrogen-bond acceptors (Lipinski definition) is 3. The maximum atomic E-state index is 11.9. The normalized spacial score (nSPS) is 10.5. The molecule has 2 rings (SSSR count). The van der Waals surface area contributed by atoms with E-state index in [9.17, 15) is 4.79 Å². The van der Waals surface area contributed by atoms with Crippen molar-refractivity contribution in [2.75, 3.05) is 0 Å². The third-order valence-electron chi connectivity index (χ3n) is 2.05. The zero-order valence-electron chi connectivity index (χ0n) is 8.11. The van der Waals surface area contributed by atoms with Crippen molar-refractivity contribution in [3.8, 4) is 0 Å². The molecule has 0 saturated heterocycles. The van der Waals surface area contributed by atoms with E-state index in [1.165, 1.54) is 12.5 Å². The van der Waals surface area contributed by atoms with Crippen LogP contribution in [0.4, 0.5) is 0 Å². The number of aryl methyl sites for hydroxylation is 1. The molecule has 15 heavy (non-hydrogen) atoms. The van der Waals surface area contributed by atoms with Crippen LogP contribution in [-0.2, 0) is 6.54 Å². The van der Waals surface area contributed by atoms with Crippen LogP contribution in [0.25, 0.3) is 0 Å². The van der Waals surface area contributed by atoms with E-state index in [1.807, 2.05) is 6.92 Å². The minimum atomic E-state index is -0.246. The number of carbonyl (C=O) groups excluding carboxylic acids is 1. The van der Waals surface area contributed by atoms with Crippen LogP contribution in [0.15, 0.2) is 29.0 Å². The highest BCUT2D eigenvalue weighted by molar-refractivity contribution is 6.34. The molecule has 2 aromatic rings. The van der Waals surface area contributed by atoms with Crippen LogP contribution in [-0.4, -0.2) is 15.6 Å². The number of aromatic nitrogens is 2. The molecule has 0 saturated carbocycles. The summed E-state index contributed by atoms with van der Waals surface area (Å²) in [5.74, 6) is 0.0245. The largest absolute Gasteiger partial charge is 0.461 e. The van der Waals surface area contributed by atoms with E-state index in [-0.39, 0.29) is 11.5 Å². The molecule has 0 aliphatic rings. The van der Waals surface area contributed by atoms with Gasteiger partial charge in [-0.05, 0) is 19.1 Å². The third kappa shape index (κ3) is 1.68. The standard InChI is InChI=1S/C10H9ClN2O2/c1-2-13-9(7(11)6-12-13)10(14)8-4-3-5-15-8/h3-6H,2H2,1H3. The molecule has 5 heteroatoms. The Morgan fingerprint density at radius 1 is 1.67 bits per heavy atom. The highest BCUT2D eigenvalue weighted by Crippen LogP contribution is 2.19. The van der Waals surface area contributed by atoms with Crippen LogP contribution in [0.2, 0.25) is 5.02 Å². The molecule has 0 spiro atoms. The second-order valence-corrected chi connectivity index (χ2v) is 3.37. The number of hydrogen-bond donors (Lipinski definition) is 0.